The molecular weight excluding hydrogens is 230 g/mol. The molecule has 0 saturated carbocycles. The second-order valence-corrected chi connectivity index (χ2v) is 4.32. The van der Waals surface area contributed by atoms with Crippen LogP contribution in [-0.2, 0) is 0 Å². The fraction of sp³-hybridized carbons (Fsp3) is 0.385. The molecule has 0 saturated heterocycles. The molecule has 0 atom stereocenters. The monoisotopic (exact) mass is 247 g/mol. The standard InChI is InChI=1S/C13H17N3O2/c1-2-3-4-9-15(16(17)18)12-5-6-13-11(10-12)7-8-14-13/h5-8,10,14H,2-4,9H2,1H3. The summed E-state index contributed by atoms with van der Waals surface area (Å²) in [6, 6.07) is 7.43. The molecule has 1 N–H and O–H groups in total. The van der Waals surface area contributed by atoms with Gasteiger partial charge in [0.1, 0.15) is 5.69 Å². The van der Waals surface area contributed by atoms with Crippen molar-refractivity contribution in [1.82, 2.24) is 4.98 Å². The quantitative estimate of drug-likeness (QED) is 0.483. The average Bonchev–Trinajstić information content (AvgIpc) is 2.81. The Hall–Kier alpha value is -2.04. The molecule has 0 aliphatic heterocycles. The van der Waals surface area contributed by atoms with E-state index in [9.17, 15) is 10.1 Å². The number of rotatable bonds is 6. The smallest absolute Gasteiger partial charge is 0.165 e. The van der Waals surface area contributed by atoms with Crippen molar-refractivity contribution in [2.75, 3.05) is 11.6 Å². The number of unbranched alkanes of at least 4 members (excludes halogenated alkanes) is 2. The number of benzene rings is 1. The van der Waals surface area contributed by atoms with Crippen LogP contribution in [0.4, 0.5) is 5.69 Å². The minimum Gasteiger partial charge on any atom is -0.361 e. The molecule has 18 heavy (non-hydrogen) atoms. The highest BCUT2D eigenvalue weighted by molar-refractivity contribution is 5.82. The zero-order valence-electron chi connectivity index (χ0n) is 10.4. The second kappa shape index (κ2) is 5.53. The van der Waals surface area contributed by atoms with Crippen molar-refractivity contribution in [3.63, 3.8) is 0 Å². The number of hydrazine groups is 1. The first kappa shape index (κ1) is 12.4. The topological polar surface area (TPSA) is 62.2 Å². The largest absolute Gasteiger partial charge is 0.361 e. The lowest BCUT2D eigenvalue weighted by molar-refractivity contribution is -0.494. The van der Waals surface area contributed by atoms with Crippen LogP contribution in [0, 0.1) is 10.1 Å². The summed E-state index contributed by atoms with van der Waals surface area (Å²) < 4.78 is 0. The molecule has 0 aliphatic carbocycles. The van der Waals surface area contributed by atoms with Gasteiger partial charge >= 0.3 is 0 Å². The van der Waals surface area contributed by atoms with Gasteiger partial charge in [0.25, 0.3) is 0 Å². The molecule has 1 aromatic carbocycles. The summed E-state index contributed by atoms with van der Waals surface area (Å²) in [5.41, 5.74) is 1.64. The molecule has 0 amide bonds. The van der Waals surface area contributed by atoms with Gasteiger partial charge in [-0.25, -0.2) is 10.1 Å². The predicted molar refractivity (Wildman–Crippen MR) is 72.2 cm³/mol. The maximum absolute atomic E-state index is 11.1. The third-order valence-electron chi connectivity index (χ3n) is 3.01. The van der Waals surface area contributed by atoms with Gasteiger partial charge in [0, 0.05) is 17.1 Å². The van der Waals surface area contributed by atoms with Gasteiger partial charge in [-0.3, -0.25) is 0 Å². The van der Waals surface area contributed by atoms with E-state index in [1.165, 1.54) is 5.01 Å². The summed E-state index contributed by atoms with van der Waals surface area (Å²) in [6.07, 6.45) is 4.74. The van der Waals surface area contributed by atoms with Gasteiger partial charge in [-0.05, 0) is 30.7 Å². The average molecular weight is 247 g/mol. The third-order valence-corrected chi connectivity index (χ3v) is 3.01. The molecule has 96 valence electrons. The van der Waals surface area contributed by atoms with Gasteiger partial charge < -0.3 is 4.98 Å². The van der Waals surface area contributed by atoms with Crippen molar-refractivity contribution in [2.45, 2.75) is 26.2 Å². The molecule has 2 aromatic rings. The van der Waals surface area contributed by atoms with Gasteiger partial charge in [0.15, 0.2) is 5.03 Å². The zero-order valence-corrected chi connectivity index (χ0v) is 10.4. The number of anilines is 1. The molecule has 0 radical (unpaired) electrons. The van der Waals surface area contributed by atoms with E-state index in [2.05, 4.69) is 11.9 Å². The van der Waals surface area contributed by atoms with Crippen molar-refractivity contribution in [1.29, 1.82) is 0 Å². The summed E-state index contributed by atoms with van der Waals surface area (Å²) in [7, 11) is 0. The molecule has 0 fully saturated rings. The van der Waals surface area contributed by atoms with E-state index in [4.69, 9.17) is 0 Å². The van der Waals surface area contributed by atoms with Crippen LogP contribution in [0.3, 0.4) is 0 Å². The van der Waals surface area contributed by atoms with Crippen LogP contribution in [0.2, 0.25) is 0 Å². The molecular formula is C13H17N3O2. The van der Waals surface area contributed by atoms with Crippen molar-refractivity contribution in [3.05, 3.63) is 40.6 Å². The minimum atomic E-state index is -0.330. The number of hydrogen-bond acceptors (Lipinski definition) is 2. The first-order valence-corrected chi connectivity index (χ1v) is 6.21. The van der Waals surface area contributed by atoms with Crippen LogP contribution < -0.4 is 5.01 Å². The van der Waals surface area contributed by atoms with Crippen LogP contribution in [-0.4, -0.2) is 16.6 Å². The Kier molecular flexibility index (Phi) is 3.82. The summed E-state index contributed by atoms with van der Waals surface area (Å²) in [6.45, 7) is 2.54. The summed E-state index contributed by atoms with van der Waals surface area (Å²) >= 11 is 0. The first-order chi connectivity index (χ1) is 8.72. The lowest BCUT2D eigenvalue weighted by Gasteiger charge is -2.14. The number of aromatic nitrogens is 1. The lowest BCUT2D eigenvalue weighted by Crippen LogP contribution is -2.30. The van der Waals surface area contributed by atoms with Gasteiger partial charge in [-0.1, -0.05) is 24.8 Å². The van der Waals surface area contributed by atoms with Gasteiger partial charge in [0.2, 0.25) is 0 Å². The second-order valence-electron chi connectivity index (χ2n) is 4.32. The highest BCUT2D eigenvalue weighted by Gasteiger charge is 2.16. The van der Waals surface area contributed by atoms with E-state index < -0.39 is 0 Å². The molecule has 0 bridgehead atoms. The Balaban J connectivity index is 2.20. The Morgan fingerprint density at radius 3 is 2.89 bits per heavy atom. The summed E-state index contributed by atoms with van der Waals surface area (Å²) in [4.78, 5) is 14.2. The van der Waals surface area contributed by atoms with E-state index in [-0.39, 0.29) is 5.03 Å². The summed E-state index contributed by atoms with van der Waals surface area (Å²) in [5, 5.41) is 13.0. The molecule has 5 nitrogen and oxygen atoms in total. The minimum absolute atomic E-state index is 0.330. The Bertz CT molecular complexity index is 536. The van der Waals surface area contributed by atoms with Crippen molar-refractivity contribution < 1.29 is 5.03 Å². The summed E-state index contributed by atoms with van der Waals surface area (Å²) in [5.74, 6) is 0. The van der Waals surface area contributed by atoms with Crippen LogP contribution >= 0.6 is 0 Å². The van der Waals surface area contributed by atoms with Gasteiger partial charge in [-0.15, -0.1) is 0 Å². The van der Waals surface area contributed by atoms with Crippen molar-refractivity contribution in [2.24, 2.45) is 0 Å². The fourth-order valence-electron chi connectivity index (χ4n) is 2.02. The highest BCUT2D eigenvalue weighted by atomic mass is 16.7. The molecule has 2 rings (SSSR count). The SMILES string of the molecule is CCCCCN(c1ccc2[nH]ccc2c1)[N+](=O)[O-]. The molecule has 5 heteroatoms. The normalized spacial score (nSPS) is 10.7. The number of nitrogens with zero attached hydrogens (tertiary/aromatic N) is 2. The molecule has 1 heterocycles. The predicted octanol–water partition coefficient (Wildman–Crippen LogP) is 3.36. The van der Waals surface area contributed by atoms with Crippen molar-refractivity contribution >= 4 is 16.6 Å². The Morgan fingerprint density at radius 1 is 1.33 bits per heavy atom. The van der Waals surface area contributed by atoms with Crippen LogP contribution in [0.15, 0.2) is 30.5 Å². The lowest BCUT2D eigenvalue weighted by atomic mass is 10.2. The number of H-pyrrole nitrogens is 1. The number of hydrogen-bond donors (Lipinski definition) is 1. The zero-order chi connectivity index (χ0) is 13.0. The van der Waals surface area contributed by atoms with Crippen LogP contribution in [0.5, 0.6) is 0 Å². The Labute approximate surface area is 106 Å². The Morgan fingerprint density at radius 2 is 2.17 bits per heavy atom. The van der Waals surface area contributed by atoms with Crippen molar-refractivity contribution in [3.8, 4) is 0 Å². The number of nitrogens with one attached hydrogen (secondary N) is 1. The number of nitro groups is 1. The van der Waals surface area contributed by atoms with E-state index in [1.807, 2.05) is 24.4 Å². The van der Waals surface area contributed by atoms with Crippen LogP contribution in [0.1, 0.15) is 26.2 Å². The molecule has 1 aromatic heterocycles. The highest BCUT2D eigenvalue weighted by Crippen LogP contribution is 2.21. The molecule has 0 unspecified atom stereocenters. The third kappa shape index (κ3) is 2.61. The maximum Gasteiger partial charge on any atom is 0.165 e. The molecule has 0 spiro atoms. The van der Waals surface area contributed by atoms with E-state index in [0.717, 1.165) is 30.2 Å². The van der Waals surface area contributed by atoms with E-state index in [0.29, 0.717) is 12.2 Å². The number of aromatic amines is 1. The first-order valence-electron chi connectivity index (χ1n) is 6.21. The molecule has 0 aliphatic rings. The number of fused-ring (bicyclic) bond motifs is 1. The van der Waals surface area contributed by atoms with E-state index in [1.54, 1.807) is 6.07 Å². The van der Waals surface area contributed by atoms with Gasteiger partial charge in [0.05, 0.1) is 6.54 Å². The van der Waals surface area contributed by atoms with Crippen LogP contribution in [0.25, 0.3) is 10.9 Å². The fourth-order valence-corrected chi connectivity index (χ4v) is 2.02. The maximum atomic E-state index is 11.1. The van der Waals surface area contributed by atoms with E-state index >= 15 is 0 Å². The van der Waals surface area contributed by atoms with Gasteiger partial charge in [-0.2, -0.15) is 0 Å².